The van der Waals surface area contributed by atoms with Gasteiger partial charge in [0.25, 0.3) is 0 Å². The number of phenolic OH excluding ortho intramolecular Hbond substituents is 3. The zero-order valence-electron chi connectivity index (χ0n) is 16.5. The summed E-state index contributed by atoms with van der Waals surface area (Å²) in [5.74, 6) is -1.10. The second kappa shape index (κ2) is 6.75. The van der Waals surface area contributed by atoms with Crippen molar-refractivity contribution < 1.29 is 19.7 Å². The minimum Gasteiger partial charge on any atom is -0.504 e. The van der Waals surface area contributed by atoms with Crippen LogP contribution in [0.5, 0.6) is 17.2 Å². The van der Waals surface area contributed by atoms with E-state index in [0.717, 1.165) is 11.1 Å². The van der Waals surface area contributed by atoms with Gasteiger partial charge in [-0.2, -0.15) is 0 Å². The van der Waals surface area contributed by atoms with E-state index >= 15 is 0 Å². The summed E-state index contributed by atoms with van der Waals surface area (Å²) in [5, 5.41) is 31.1. The van der Waals surface area contributed by atoms with Crippen molar-refractivity contribution in [1.82, 2.24) is 0 Å². The van der Waals surface area contributed by atoms with E-state index in [1.165, 1.54) is 6.07 Å². The summed E-state index contributed by atoms with van der Waals surface area (Å²) >= 11 is 0. The first kappa shape index (κ1) is 19.5. The van der Waals surface area contributed by atoms with Gasteiger partial charge in [0.1, 0.15) is 11.0 Å². The van der Waals surface area contributed by atoms with Crippen molar-refractivity contribution in [2.75, 3.05) is 0 Å². The van der Waals surface area contributed by atoms with E-state index in [1.807, 2.05) is 33.8 Å². The van der Waals surface area contributed by atoms with Crippen LogP contribution in [0.4, 0.5) is 0 Å². The average molecular weight is 380 g/mol. The molecule has 0 amide bonds. The quantitative estimate of drug-likeness (QED) is 0.335. The van der Waals surface area contributed by atoms with Crippen molar-refractivity contribution in [3.05, 3.63) is 63.9 Å². The number of aromatic hydroxyl groups is 3. The Labute approximate surface area is 162 Å². The zero-order chi connectivity index (χ0) is 20.8. The fourth-order valence-corrected chi connectivity index (χ4v) is 3.17. The fraction of sp³-hybridized carbons (Fsp3) is 0.261. The monoisotopic (exact) mass is 380 g/mol. The molecule has 0 saturated heterocycles. The Hall–Kier alpha value is -3.21. The molecule has 0 aliphatic heterocycles. The van der Waals surface area contributed by atoms with Gasteiger partial charge in [-0.15, -0.1) is 6.58 Å². The molecular weight excluding hydrogens is 356 g/mol. The fourth-order valence-electron chi connectivity index (χ4n) is 3.17. The van der Waals surface area contributed by atoms with Gasteiger partial charge in [0.2, 0.25) is 5.43 Å². The first-order valence-electron chi connectivity index (χ1n) is 9.01. The predicted octanol–water partition coefficient (Wildman–Crippen LogP) is 5.04. The molecule has 3 aromatic rings. The Kier molecular flexibility index (Phi) is 4.71. The molecule has 0 radical (unpaired) electrons. The lowest BCUT2D eigenvalue weighted by Crippen LogP contribution is -2.15. The van der Waals surface area contributed by atoms with Crippen molar-refractivity contribution in [3.63, 3.8) is 0 Å². The molecule has 3 rings (SSSR count). The highest BCUT2D eigenvalue weighted by atomic mass is 16.4. The third-order valence-electron chi connectivity index (χ3n) is 4.99. The Morgan fingerprint density at radius 3 is 2.39 bits per heavy atom. The minimum absolute atomic E-state index is 0.0460. The lowest BCUT2D eigenvalue weighted by Gasteiger charge is -2.22. The van der Waals surface area contributed by atoms with E-state index in [9.17, 15) is 20.1 Å². The first-order valence-corrected chi connectivity index (χ1v) is 9.01. The van der Waals surface area contributed by atoms with E-state index in [-0.39, 0.29) is 27.7 Å². The van der Waals surface area contributed by atoms with Crippen LogP contribution in [0, 0.1) is 0 Å². The number of benzene rings is 2. The van der Waals surface area contributed by atoms with Crippen LogP contribution in [-0.4, -0.2) is 15.3 Å². The molecule has 146 valence electrons. The van der Waals surface area contributed by atoms with Gasteiger partial charge in [-0.1, -0.05) is 31.6 Å². The number of hydrogen-bond donors (Lipinski definition) is 3. The lowest BCUT2D eigenvalue weighted by molar-refractivity contribution is 0.405. The smallest absolute Gasteiger partial charge is 0.204 e. The summed E-state index contributed by atoms with van der Waals surface area (Å²) in [6.45, 7) is 11.4. The minimum atomic E-state index is -0.647. The summed E-state index contributed by atoms with van der Waals surface area (Å²) < 4.78 is 5.91. The number of fused-ring (bicyclic) bond motifs is 2. The topological polar surface area (TPSA) is 90.9 Å². The third-order valence-corrected chi connectivity index (χ3v) is 4.99. The molecule has 0 unspecified atom stereocenters. The van der Waals surface area contributed by atoms with Crippen LogP contribution < -0.4 is 5.43 Å². The van der Waals surface area contributed by atoms with E-state index in [2.05, 4.69) is 6.58 Å². The van der Waals surface area contributed by atoms with Crippen molar-refractivity contribution in [2.45, 2.75) is 39.5 Å². The Balaban J connectivity index is 2.47. The first-order chi connectivity index (χ1) is 13.1. The summed E-state index contributed by atoms with van der Waals surface area (Å²) in [6, 6.07) is 4.56. The van der Waals surface area contributed by atoms with Gasteiger partial charge in [-0.05, 0) is 44.0 Å². The average Bonchev–Trinajstić information content (AvgIpc) is 2.63. The maximum Gasteiger partial charge on any atom is 0.204 e. The van der Waals surface area contributed by atoms with Crippen LogP contribution in [0.15, 0.2) is 51.7 Å². The molecule has 0 aliphatic rings. The number of rotatable bonds is 4. The molecule has 1 aromatic heterocycles. The molecule has 0 spiro atoms. The van der Waals surface area contributed by atoms with Crippen molar-refractivity contribution in [1.29, 1.82) is 0 Å². The van der Waals surface area contributed by atoms with Gasteiger partial charge >= 0.3 is 0 Å². The van der Waals surface area contributed by atoms with Crippen LogP contribution in [-0.2, 0) is 11.8 Å². The molecule has 28 heavy (non-hydrogen) atoms. The second-order valence-corrected chi connectivity index (χ2v) is 7.83. The second-order valence-electron chi connectivity index (χ2n) is 7.83. The van der Waals surface area contributed by atoms with Gasteiger partial charge in [-0.25, -0.2) is 0 Å². The summed E-state index contributed by atoms with van der Waals surface area (Å²) in [4.78, 5) is 13.2. The Bertz CT molecular complexity index is 1190. The zero-order valence-corrected chi connectivity index (χ0v) is 16.5. The van der Waals surface area contributed by atoms with Crippen LogP contribution in [0.3, 0.4) is 0 Å². The molecule has 0 bridgehead atoms. The molecular formula is C23H24O5. The van der Waals surface area contributed by atoms with E-state index in [4.69, 9.17) is 4.42 Å². The number of hydrogen-bond acceptors (Lipinski definition) is 5. The van der Waals surface area contributed by atoms with E-state index < -0.39 is 22.3 Å². The number of phenols is 3. The van der Waals surface area contributed by atoms with Crippen molar-refractivity contribution in [3.8, 4) is 17.2 Å². The molecule has 0 atom stereocenters. The predicted molar refractivity (Wildman–Crippen MR) is 111 cm³/mol. The van der Waals surface area contributed by atoms with Gasteiger partial charge in [0.05, 0.1) is 5.39 Å². The molecule has 1 heterocycles. The molecule has 3 N–H and O–H groups in total. The summed E-state index contributed by atoms with van der Waals surface area (Å²) in [7, 11) is 0. The largest absolute Gasteiger partial charge is 0.504 e. The van der Waals surface area contributed by atoms with Gasteiger partial charge in [-0.3, -0.25) is 4.79 Å². The molecule has 0 aliphatic carbocycles. The third kappa shape index (κ3) is 3.13. The van der Waals surface area contributed by atoms with Crippen LogP contribution in [0.2, 0.25) is 0 Å². The highest BCUT2D eigenvalue weighted by molar-refractivity contribution is 5.98. The summed E-state index contributed by atoms with van der Waals surface area (Å²) in [5.41, 5.74) is 1.34. The van der Waals surface area contributed by atoms with E-state index in [0.29, 0.717) is 12.0 Å². The lowest BCUT2D eigenvalue weighted by atomic mass is 9.83. The molecule has 0 fully saturated rings. The summed E-state index contributed by atoms with van der Waals surface area (Å²) in [6.07, 6.45) is 4.19. The van der Waals surface area contributed by atoms with Crippen LogP contribution in [0.25, 0.3) is 21.9 Å². The van der Waals surface area contributed by atoms with Gasteiger partial charge < -0.3 is 19.7 Å². The Morgan fingerprint density at radius 2 is 1.79 bits per heavy atom. The van der Waals surface area contributed by atoms with E-state index in [1.54, 1.807) is 18.2 Å². The van der Waals surface area contributed by atoms with Crippen molar-refractivity contribution >= 4 is 21.9 Å². The van der Waals surface area contributed by atoms with Crippen LogP contribution in [0.1, 0.15) is 38.8 Å². The van der Waals surface area contributed by atoms with Gasteiger partial charge in [0, 0.05) is 11.0 Å². The molecule has 5 nitrogen and oxygen atoms in total. The highest BCUT2D eigenvalue weighted by Crippen LogP contribution is 2.42. The highest BCUT2D eigenvalue weighted by Gasteiger charge is 2.27. The Morgan fingerprint density at radius 1 is 1.11 bits per heavy atom. The molecule has 5 heteroatoms. The normalized spacial score (nSPS) is 11.7. The van der Waals surface area contributed by atoms with Crippen molar-refractivity contribution in [2.24, 2.45) is 0 Å². The molecule has 2 aromatic carbocycles. The maximum absolute atomic E-state index is 13.2. The molecule has 0 saturated carbocycles. The van der Waals surface area contributed by atoms with Gasteiger partial charge in [0.15, 0.2) is 22.8 Å². The standard InChI is InChI=1S/C23H24O5/c1-6-23(4,5)15-11-16(24)20(27)18-19(26)14-9-13(8-7-12(2)3)10-17(25)21(14)28-22(15)18/h6-7,9-11,24-25,27H,1,8H2,2-5H3. The number of allylic oxidation sites excluding steroid dienone is 3. The van der Waals surface area contributed by atoms with Crippen LogP contribution >= 0.6 is 0 Å². The maximum atomic E-state index is 13.2. The SMILES string of the molecule is C=CC(C)(C)c1cc(O)c(O)c2c(=O)c3cc(CC=C(C)C)cc(O)c3oc12.